The number of hydrogen-bond donors (Lipinski definition) is 3. The standard InChI is InChI=1S/C9H11ClN2O3/c1-4-2-5(8(10)12-3-4)6(13)7(14)9(11)15/h2-3,6-7,13-14H,1H3,(H2,11,15). The predicted molar refractivity (Wildman–Crippen MR) is 54.1 cm³/mol. The fourth-order valence-corrected chi connectivity index (χ4v) is 1.32. The van der Waals surface area contributed by atoms with Crippen LogP contribution in [0, 0.1) is 6.92 Å². The minimum Gasteiger partial charge on any atom is -0.385 e. The third-order valence-corrected chi connectivity index (χ3v) is 2.23. The van der Waals surface area contributed by atoms with Crippen molar-refractivity contribution in [2.75, 3.05) is 0 Å². The Morgan fingerprint density at radius 1 is 1.60 bits per heavy atom. The molecule has 0 saturated heterocycles. The summed E-state index contributed by atoms with van der Waals surface area (Å²) in [5, 5.41) is 18.9. The molecule has 1 aromatic rings. The number of pyridine rings is 1. The molecule has 2 atom stereocenters. The molecule has 0 aliphatic heterocycles. The van der Waals surface area contributed by atoms with Gasteiger partial charge in [-0.2, -0.15) is 0 Å². The number of hydrogen-bond acceptors (Lipinski definition) is 4. The second-order valence-corrected chi connectivity index (χ2v) is 3.54. The van der Waals surface area contributed by atoms with Crippen molar-refractivity contribution >= 4 is 17.5 Å². The van der Waals surface area contributed by atoms with Gasteiger partial charge in [-0.15, -0.1) is 0 Å². The monoisotopic (exact) mass is 230 g/mol. The highest BCUT2D eigenvalue weighted by atomic mass is 35.5. The highest BCUT2D eigenvalue weighted by Gasteiger charge is 2.25. The summed E-state index contributed by atoms with van der Waals surface area (Å²) in [6, 6.07) is 1.53. The lowest BCUT2D eigenvalue weighted by atomic mass is 10.0. The Labute approximate surface area is 91.5 Å². The van der Waals surface area contributed by atoms with Gasteiger partial charge < -0.3 is 15.9 Å². The Kier molecular flexibility index (Phi) is 3.62. The Bertz CT molecular complexity index is 384. The number of carbonyl (C=O) groups excluding carboxylic acids is 1. The van der Waals surface area contributed by atoms with Crippen LogP contribution in [0.3, 0.4) is 0 Å². The molecule has 1 amide bonds. The van der Waals surface area contributed by atoms with Crippen LogP contribution in [0.4, 0.5) is 0 Å². The summed E-state index contributed by atoms with van der Waals surface area (Å²) in [6.45, 7) is 1.75. The molecule has 0 aliphatic carbocycles. The van der Waals surface area contributed by atoms with Crippen LogP contribution in [0.2, 0.25) is 5.15 Å². The van der Waals surface area contributed by atoms with Crippen LogP contribution in [0.25, 0.3) is 0 Å². The zero-order chi connectivity index (χ0) is 11.6. The number of aliphatic hydroxyl groups is 2. The van der Waals surface area contributed by atoms with E-state index in [-0.39, 0.29) is 10.7 Å². The Balaban J connectivity index is 3.04. The predicted octanol–water partition coefficient (Wildman–Crippen LogP) is -0.0770. The lowest BCUT2D eigenvalue weighted by molar-refractivity contribution is -0.131. The highest BCUT2D eigenvalue weighted by Crippen LogP contribution is 2.24. The summed E-state index contributed by atoms with van der Waals surface area (Å²) in [6.07, 6.45) is -1.64. The molecular formula is C9H11ClN2O3. The van der Waals surface area contributed by atoms with Gasteiger partial charge in [0.05, 0.1) is 0 Å². The molecule has 0 fully saturated rings. The van der Waals surface area contributed by atoms with E-state index in [4.69, 9.17) is 17.3 Å². The Morgan fingerprint density at radius 3 is 2.73 bits per heavy atom. The van der Waals surface area contributed by atoms with Crippen LogP contribution in [-0.2, 0) is 4.79 Å². The number of aromatic nitrogens is 1. The largest absolute Gasteiger partial charge is 0.385 e. The molecular weight excluding hydrogens is 220 g/mol. The van der Waals surface area contributed by atoms with E-state index in [0.717, 1.165) is 5.56 Å². The minimum absolute atomic E-state index is 0.0356. The molecule has 5 nitrogen and oxygen atoms in total. The van der Waals surface area contributed by atoms with Gasteiger partial charge in [0.15, 0.2) is 6.10 Å². The maximum Gasteiger partial charge on any atom is 0.249 e. The maximum atomic E-state index is 10.7. The van der Waals surface area contributed by atoms with Crippen molar-refractivity contribution in [2.45, 2.75) is 19.1 Å². The molecule has 0 saturated carbocycles. The zero-order valence-corrected chi connectivity index (χ0v) is 8.77. The molecule has 1 rings (SSSR count). The quantitative estimate of drug-likeness (QED) is 0.633. The topological polar surface area (TPSA) is 96.4 Å². The van der Waals surface area contributed by atoms with Crippen molar-refractivity contribution in [3.05, 3.63) is 28.5 Å². The molecule has 15 heavy (non-hydrogen) atoms. The van der Waals surface area contributed by atoms with Crippen molar-refractivity contribution in [2.24, 2.45) is 5.73 Å². The number of amides is 1. The van der Waals surface area contributed by atoms with E-state index in [1.807, 2.05) is 0 Å². The van der Waals surface area contributed by atoms with Crippen LogP contribution in [0.15, 0.2) is 12.3 Å². The van der Waals surface area contributed by atoms with Gasteiger partial charge in [-0.25, -0.2) is 4.98 Å². The Morgan fingerprint density at radius 2 is 2.20 bits per heavy atom. The summed E-state index contributed by atoms with van der Waals surface area (Å²) in [5.41, 5.74) is 5.79. The fourth-order valence-electron chi connectivity index (χ4n) is 1.11. The fraction of sp³-hybridized carbons (Fsp3) is 0.333. The van der Waals surface area contributed by atoms with E-state index in [1.54, 1.807) is 6.92 Å². The first-order valence-electron chi connectivity index (χ1n) is 4.21. The lowest BCUT2D eigenvalue weighted by Gasteiger charge is -2.16. The summed E-state index contributed by atoms with van der Waals surface area (Å²) >= 11 is 5.71. The number of nitrogens with two attached hydrogens (primary N) is 1. The second kappa shape index (κ2) is 4.57. The first-order valence-corrected chi connectivity index (χ1v) is 4.58. The minimum atomic E-state index is -1.69. The number of rotatable bonds is 3. The molecule has 0 radical (unpaired) electrons. The summed E-state index contributed by atoms with van der Waals surface area (Å²) < 4.78 is 0. The molecule has 2 unspecified atom stereocenters. The number of halogens is 1. The average molecular weight is 231 g/mol. The van der Waals surface area contributed by atoms with Crippen LogP contribution in [0.5, 0.6) is 0 Å². The molecule has 82 valence electrons. The van der Waals surface area contributed by atoms with Gasteiger partial charge in [0.2, 0.25) is 5.91 Å². The molecule has 1 aromatic heterocycles. The third kappa shape index (κ3) is 2.65. The first kappa shape index (κ1) is 11.9. The summed E-state index contributed by atoms with van der Waals surface area (Å²) in [5.74, 6) is -1.01. The van der Waals surface area contributed by atoms with Crippen LogP contribution in [-0.4, -0.2) is 27.2 Å². The number of aryl methyl sites for hydroxylation is 1. The van der Waals surface area contributed by atoms with E-state index in [2.05, 4.69) is 4.98 Å². The van der Waals surface area contributed by atoms with Gasteiger partial charge in [-0.05, 0) is 18.6 Å². The van der Waals surface area contributed by atoms with Crippen molar-refractivity contribution in [3.8, 4) is 0 Å². The van der Waals surface area contributed by atoms with E-state index < -0.39 is 18.1 Å². The van der Waals surface area contributed by atoms with Crippen LogP contribution in [0.1, 0.15) is 17.2 Å². The lowest BCUT2D eigenvalue weighted by Crippen LogP contribution is -2.34. The smallest absolute Gasteiger partial charge is 0.249 e. The van der Waals surface area contributed by atoms with Gasteiger partial charge in [-0.3, -0.25) is 4.79 Å². The SMILES string of the molecule is Cc1cnc(Cl)c(C(O)C(O)C(N)=O)c1. The van der Waals surface area contributed by atoms with Crippen molar-refractivity contribution in [1.29, 1.82) is 0 Å². The molecule has 6 heteroatoms. The molecule has 1 heterocycles. The number of carbonyl (C=O) groups is 1. The molecule has 0 bridgehead atoms. The highest BCUT2D eigenvalue weighted by molar-refractivity contribution is 6.30. The second-order valence-electron chi connectivity index (χ2n) is 3.18. The Hall–Kier alpha value is -1.17. The number of primary amides is 1. The van der Waals surface area contributed by atoms with Gasteiger partial charge >= 0.3 is 0 Å². The van der Waals surface area contributed by atoms with E-state index in [0.29, 0.717) is 0 Å². The van der Waals surface area contributed by atoms with Crippen molar-refractivity contribution in [1.82, 2.24) is 4.98 Å². The van der Waals surface area contributed by atoms with Crippen molar-refractivity contribution in [3.63, 3.8) is 0 Å². The first-order chi connectivity index (χ1) is 6.93. The van der Waals surface area contributed by atoms with E-state index >= 15 is 0 Å². The van der Waals surface area contributed by atoms with E-state index in [9.17, 15) is 15.0 Å². The normalized spacial score (nSPS) is 14.7. The third-order valence-electron chi connectivity index (χ3n) is 1.91. The van der Waals surface area contributed by atoms with Gasteiger partial charge in [-0.1, -0.05) is 11.6 Å². The maximum absolute atomic E-state index is 10.7. The summed E-state index contributed by atoms with van der Waals surface area (Å²) in [7, 11) is 0. The molecule has 4 N–H and O–H groups in total. The van der Waals surface area contributed by atoms with Crippen LogP contribution < -0.4 is 5.73 Å². The van der Waals surface area contributed by atoms with Gasteiger partial charge in [0, 0.05) is 11.8 Å². The zero-order valence-electron chi connectivity index (χ0n) is 8.01. The molecule has 0 aliphatic rings. The molecule has 0 spiro atoms. The van der Waals surface area contributed by atoms with E-state index in [1.165, 1.54) is 12.3 Å². The number of aliphatic hydroxyl groups excluding tert-OH is 2. The average Bonchev–Trinajstić information content (AvgIpc) is 2.19. The van der Waals surface area contributed by atoms with Crippen LogP contribution >= 0.6 is 11.6 Å². The molecule has 0 aromatic carbocycles. The van der Waals surface area contributed by atoms with Gasteiger partial charge in [0.1, 0.15) is 11.3 Å². The number of nitrogens with zero attached hydrogens (tertiary/aromatic N) is 1. The van der Waals surface area contributed by atoms with Gasteiger partial charge in [0.25, 0.3) is 0 Å². The van der Waals surface area contributed by atoms with Crippen molar-refractivity contribution < 1.29 is 15.0 Å². The summed E-state index contributed by atoms with van der Waals surface area (Å²) in [4.78, 5) is 14.4.